The van der Waals surface area contributed by atoms with E-state index < -0.39 is 0 Å². The Morgan fingerprint density at radius 3 is 2.77 bits per heavy atom. The predicted octanol–water partition coefficient (Wildman–Crippen LogP) is 3.41. The highest BCUT2D eigenvalue weighted by atomic mass is 19.1. The molecular weight excluding hydrogens is 385 g/mol. The molecule has 3 heterocycles. The average Bonchev–Trinajstić information content (AvgIpc) is 3.26. The lowest BCUT2D eigenvalue weighted by Gasteiger charge is -2.31. The van der Waals surface area contributed by atoms with Crippen molar-refractivity contribution in [3.8, 4) is 11.3 Å². The van der Waals surface area contributed by atoms with E-state index in [0.717, 1.165) is 12.0 Å². The summed E-state index contributed by atoms with van der Waals surface area (Å²) in [6, 6.07) is 9.61. The number of hydrogen-bond donors (Lipinski definition) is 2. The monoisotopic (exact) mass is 407 g/mol. The fraction of sp³-hybridized carbons (Fsp3) is 0.273. The molecule has 1 unspecified atom stereocenters. The molecule has 3 aromatic rings. The van der Waals surface area contributed by atoms with Crippen LogP contribution in [0.4, 0.5) is 10.1 Å². The molecule has 0 saturated carbocycles. The van der Waals surface area contributed by atoms with Gasteiger partial charge in [-0.25, -0.2) is 4.39 Å². The summed E-state index contributed by atoms with van der Waals surface area (Å²) in [5.74, 6) is -1.01. The Balaban J connectivity index is 1.43. The minimum Gasteiger partial charge on any atom is -0.337 e. The maximum Gasteiger partial charge on any atom is 0.271 e. The highest BCUT2D eigenvalue weighted by molar-refractivity contribution is 5.96. The van der Waals surface area contributed by atoms with Crippen molar-refractivity contribution in [2.45, 2.75) is 19.8 Å². The fourth-order valence-corrected chi connectivity index (χ4v) is 3.65. The maximum atomic E-state index is 13.3. The standard InChI is InChI=1S/C22H22FN5O2/c1-14-11-17(23)4-5-18(14)25-21(29)16-3-2-10-28(13-16)22(30)20-12-19(26-27-20)15-6-8-24-9-7-15/h4-9,11-12,16H,2-3,10,13H2,1H3,(H,25,29)(H,26,27). The number of nitrogens with zero attached hydrogens (tertiary/aromatic N) is 3. The molecule has 1 saturated heterocycles. The number of piperidine rings is 1. The lowest BCUT2D eigenvalue weighted by molar-refractivity contribution is -0.121. The van der Waals surface area contributed by atoms with Crippen molar-refractivity contribution >= 4 is 17.5 Å². The summed E-state index contributed by atoms with van der Waals surface area (Å²) in [7, 11) is 0. The van der Waals surface area contributed by atoms with Crippen LogP contribution in [-0.2, 0) is 4.79 Å². The van der Waals surface area contributed by atoms with Crippen LogP contribution in [0, 0.1) is 18.7 Å². The molecule has 1 aliphatic rings. The predicted molar refractivity (Wildman–Crippen MR) is 110 cm³/mol. The molecule has 1 aliphatic heterocycles. The number of aromatic nitrogens is 3. The van der Waals surface area contributed by atoms with Gasteiger partial charge < -0.3 is 10.2 Å². The number of carbonyl (C=O) groups is 2. The van der Waals surface area contributed by atoms with Crippen molar-refractivity contribution in [1.29, 1.82) is 0 Å². The van der Waals surface area contributed by atoms with Crippen molar-refractivity contribution in [1.82, 2.24) is 20.1 Å². The molecule has 1 atom stereocenters. The van der Waals surface area contributed by atoms with Gasteiger partial charge >= 0.3 is 0 Å². The molecule has 2 N–H and O–H groups in total. The van der Waals surface area contributed by atoms with Crippen molar-refractivity contribution < 1.29 is 14.0 Å². The van der Waals surface area contributed by atoms with E-state index >= 15 is 0 Å². The third-order valence-corrected chi connectivity index (χ3v) is 5.31. The quantitative estimate of drug-likeness (QED) is 0.693. The van der Waals surface area contributed by atoms with E-state index in [1.165, 1.54) is 12.1 Å². The number of hydrogen-bond acceptors (Lipinski definition) is 4. The van der Waals surface area contributed by atoms with Gasteiger partial charge in [-0.15, -0.1) is 0 Å². The van der Waals surface area contributed by atoms with E-state index in [4.69, 9.17) is 0 Å². The summed E-state index contributed by atoms with van der Waals surface area (Å²) >= 11 is 0. The van der Waals surface area contributed by atoms with Gasteiger partial charge in [0, 0.05) is 36.7 Å². The van der Waals surface area contributed by atoms with Crippen molar-refractivity contribution in [3.63, 3.8) is 0 Å². The van der Waals surface area contributed by atoms with Gasteiger partial charge in [0.05, 0.1) is 11.6 Å². The summed E-state index contributed by atoms with van der Waals surface area (Å²) < 4.78 is 13.3. The van der Waals surface area contributed by atoms with Crippen molar-refractivity contribution in [2.75, 3.05) is 18.4 Å². The molecule has 0 radical (unpaired) electrons. The minimum absolute atomic E-state index is 0.163. The third kappa shape index (κ3) is 4.22. The molecule has 2 aromatic heterocycles. The molecule has 0 aliphatic carbocycles. The zero-order chi connectivity index (χ0) is 21.1. The average molecular weight is 407 g/mol. The second kappa shape index (κ2) is 8.44. The van der Waals surface area contributed by atoms with Gasteiger partial charge in [-0.1, -0.05) is 0 Å². The van der Waals surface area contributed by atoms with Crippen LogP contribution in [0.3, 0.4) is 0 Å². The van der Waals surface area contributed by atoms with E-state index in [2.05, 4.69) is 20.5 Å². The van der Waals surface area contributed by atoms with Crippen LogP contribution in [0.1, 0.15) is 28.9 Å². The number of rotatable bonds is 4. The van der Waals surface area contributed by atoms with Gasteiger partial charge in [0.1, 0.15) is 11.5 Å². The van der Waals surface area contributed by atoms with Crippen LogP contribution in [0.5, 0.6) is 0 Å². The van der Waals surface area contributed by atoms with E-state index in [-0.39, 0.29) is 23.5 Å². The van der Waals surface area contributed by atoms with Crippen LogP contribution in [0.2, 0.25) is 0 Å². The van der Waals surface area contributed by atoms with Crippen molar-refractivity contribution in [3.05, 3.63) is 65.9 Å². The summed E-state index contributed by atoms with van der Waals surface area (Å²) in [5, 5.41) is 9.88. The molecule has 0 bridgehead atoms. The number of H-pyrrole nitrogens is 1. The number of anilines is 1. The summed E-state index contributed by atoms with van der Waals surface area (Å²) in [6.45, 7) is 2.66. The Kier molecular flexibility index (Phi) is 5.56. The fourth-order valence-electron chi connectivity index (χ4n) is 3.65. The SMILES string of the molecule is Cc1cc(F)ccc1NC(=O)C1CCCN(C(=O)c2cc(-c3ccncc3)n[nH]2)C1. The normalized spacial score (nSPS) is 16.3. The molecule has 0 spiro atoms. The molecule has 4 rings (SSSR count). The Bertz CT molecular complexity index is 1070. The van der Waals surface area contributed by atoms with Crippen LogP contribution in [0.15, 0.2) is 48.8 Å². The summed E-state index contributed by atoms with van der Waals surface area (Å²) in [6.07, 6.45) is 4.77. The zero-order valence-electron chi connectivity index (χ0n) is 16.6. The van der Waals surface area contributed by atoms with E-state index in [0.29, 0.717) is 42.1 Å². The van der Waals surface area contributed by atoms with E-state index in [9.17, 15) is 14.0 Å². The first-order valence-electron chi connectivity index (χ1n) is 9.83. The molecule has 8 heteroatoms. The molecule has 2 amide bonds. The van der Waals surface area contributed by atoms with Gasteiger partial charge in [0.15, 0.2) is 0 Å². The molecular formula is C22H22FN5O2. The Morgan fingerprint density at radius 2 is 2.00 bits per heavy atom. The highest BCUT2D eigenvalue weighted by Crippen LogP contribution is 2.23. The molecule has 1 aromatic carbocycles. The smallest absolute Gasteiger partial charge is 0.271 e. The number of nitrogens with one attached hydrogen (secondary N) is 2. The first kappa shape index (κ1) is 19.8. The highest BCUT2D eigenvalue weighted by Gasteiger charge is 2.30. The van der Waals surface area contributed by atoms with E-state index in [1.807, 2.05) is 12.1 Å². The van der Waals surface area contributed by atoms with Crippen LogP contribution >= 0.6 is 0 Å². The van der Waals surface area contributed by atoms with Crippen LogP contribution < -0.4 is 5.32 Å². The van der Waals surface area contributed by atoms with E-state index in [1.54, 1.807) is 36.4 Å². The number of amides is 2. The number of aromatic amines is 1. The maximum absolute atomic E-state index is 13.3. The van der Waals surface area contributed by atoms with Gasteiger partial charge in [0.25, 0.3) is 5.91 Å². The lowest BCUT2D eigenvalue weighted by Crippen LogP contribution is -2.44. The largest absolute Gasteiger partial charge is 0.337 e. The number of aryl methyl sites for hydroxylation is 1. The number of carbonyl (C=O) groups excluding carboxylic acids is 2. The second-order valence-electron chi connectivity index (χ2n) is 7.44. The van der Waals surface area contributed by atoms with Crippen LogP contribution in [-0.4, -0.2) is 45.0 Å². The lowest BCUT2D eigenvalue weighted by atomic mass is 9.96. The molecule has 30 heavy (non-hydrogen) atoms. The topological polar surface area (TPSA) is 91.0 Å². The molecule has 7 nitrogen and oxygen atoms in total. The Morgan fingerprint density at radius 1 is 1.20 bits per heavy atom. The summed E-state index contributed by atoms with van der Waals surface area (Å²) in [4.78, 5) is 31.3. The third-order valence-electron chi connectivity index (χ3n) is 5.31. The van der Waals surface area contributed by atoms with Gasteiger partial charge in [-0.2, -0.15) is 5.10 Å². The number of likely N-dealkylation sites (tertiary alicyclic amines) is 1. The zero-order valence-corrected chi connectivity index (χ0v) is 16.6. The number of benzene rings is 1. The summed E-state index contributed by atoms with van der Waals surface area (Å²) in [5.41, 5.74) is 3.16. The Labute approximate surface area is 173 Å². The van der Waals surface area contributed by atoms with Gasteiger partial charge in [-0.05, 0) is 61.7 Å². The first-order chi connectivity index (χ1) is 14.5. The number of halogens is 1. The second-order valence-corrected chi connectivity index (χ2v) is 7.44. The van der Waals surface area contributed by atoms with Crippen LogP contribution in [0.25, 0.3) is 11.3 Å². The first-order valence-corrected chi connectivity index (χ1v) is 9.83. The van der Waals surface area contributed by atoms with Gasteiger partial charge in [0.2, 0.25) is 5.91 Å². The Hall–Kier alpha value is -3.55. The minimum atomic E-state index is -0.342. The van der Waals surface area contributed by atoms with Crippen molar-refractivity contribution in [2.24, 2.45) is 5.92 Å². The van der Waals surface area contributed by atoms with Gasteiger partial charge in [-0.3, -0.25) is 19.7 Å². The molecule has 1 fully saturated rings. The molecule has 154 valence electrons. The number of pyridine rings is 1.